The van der Waals surface area contributed by atoms with Crippen molar-refractivity contribution in [3.05, 3.63) is 30.4 Å². The number of amides is 1. The SMILES string of the molecule is O=C(CC1CN(CC2CC=CC2)C2(CCC2)CO1)NCC1CCCc2nccn21. The van der Waals surface area contributed by atoms with Gasteiger partial charge in [0.1, 0.15) is 5.82 Å². The Bertz CT molecular complexity index is 746. The van der Waals surface area contributed by atoms with Gasteiger partial charge >= 0.3 is 0 Å². The van der Waals surface area contributed by atoms with Crippen molar-refractivity contribution >= 4 is 5.91 Å². The van der Waals surface area contributed by atoms with E-state index in [1.54, 1.807) is 0 Å². The maximum absolute atomic E-state index is 12.7. The van der Waals surface area contributed by atoms with Gasteiger partial charge in [0.25, 0.3) is 0 Å². The highest BCUT2D eigenvalue weighted by molar-refractivity contribution is 5.76. The third-order valence-electron chi connectivity index (χ3n) is 7.58. The highest BCUT2D eigenvalue weighted by Gasteiger charge is 2.47. The van der Waals surface area contributed by atoms with Gasteiger partial charge in [-0.05, 0) is 50.9 Å². The molecule has 1 N–H and O–H groups in total. The van der Waals surface area contributed by atoms with E-state index < -0.39 is 0 Å². The molecule has 2 unspecified atom stereocenters. The molecule has 4 aliphatic rings. The van der Waals surface area contributed by atoms with Crippen LogP contribution in [0.15, 0.2) is 24.5 Å². The molecule has 2 atom stereocenters. The zero-order valence-corrected chi connectivity index (χ0v) is 17.4. The summed E-state index contributed by atoms with van der Waals surface area (Å²) in [6, 6.07) is 0.335. The molecule has 29 heavy (non-hydrogen) atoms. The molecule has 2 fully saturated rings. The number of aromatic nitrogens is 2. The minimum absolute atomic E-state index is 0.0192. The van der Waals surface area contributed by atoms with Crippen LogP contribution in [0, 0.1) is 5.92 Å². The van der Waals surface area contributed by atoms with Crippen LogP contribution in [-0.4, -0.2) is 58.2 Å². The van der Waals surface area contributed by atoms with Crippen LogP contribution in [0.2, 0.25) is 0 Å². The Balaban J connectivity index is 1.13. The van der Waals surface area contributed by atoms with Crippen LogP contribution >= 0.6 is 0 Å². The van der Waals surface area contributed by atoms with Crippen molar-refractivity contribution in [1.82, 2.24) is 19.8 Å². The molecular formula is C23H34N4O2. The highest BCUT2D eigenvalue weighted by Crippen LogP contribution is 2.42. The Morgan fingerprint density at radius 2 is 2.14 bits per heavy atom. The molecule has 3 heterocycles. The Hall–Kier alpha value is -1.66. The van der Waals surface area contributed by atoms with Crippen molar-refractivity contribution < 1.29 is 9.53 Å². The summed E-state index contributed by atoms with van der Waals surface area (Å²) in [4.78, 5) is 19.8. The second-order valence-electron chi connectivity index (χ2n) is 9.53. The normalized spacial score (nSPS) is 29.0. The molecule has 6 nitrogen and oxygen atoms in total. The van der Waals surface area contributed by atoms with Gasteiger partial charge in [-0.25, -0.2) is 4.98 Å². The first-order valence-electron chi connectivity index (χ1n) is 11.5. The van der Waals surface area contributed by atoms with E-state index in [1.165, 1.54) is 32.1 Å². The molecule has 2 aliphatic carbocycles. The lowest BCUT2D eigenvalue weighted by Crippen LogP contribution is -2.64. The third kappa shape index (κ3) is 4.02. The molecule has 1 aromatic heterocycles. The van der Waals surface area contributed by atoms with Crippen molar-refractivity contribution in [1.29, 1.82) is 0 Å². The lowest BCUT2D eigenvalue weighted by Gasteiger charge is -2.55. The number of fused-ring (bicyclic) bond motifs is 1. The Kier molecular flexibility index (Phi) is 5.48. The lowest BCUT2D eigenvalue weighted by atomic mass is 9.74. The van der Waals surface area contributed by atoms with Crippen LogP contribution in [0.5, 0.6) is 0 Å². The number of nitrogens with one attached hydrogen (secondary N) is 1. The Morgan fingerprint density at radius 1 is 1.28 bits per heavy atom. The second-order valence-corrected chi connectivity index (χ2v) is 9.53. The first-order valence-corrected chi connectivity index (χ1v) is 11.5. The van der Waals surface area contributed by atoms with Gasteiger partial charge < -0.3 is 14.6 Å². The molecule has 1 saturated carbocycles. The number of allylic oxidation sites excluding steroid dienone is 2. The number of morpholine rings is 1. The van der Waals surface area contributed by atoms with Crippen molar-refractivity contribution in [2.24, 2.45) is 5.92 Å². The molecule has 1 amide bonds. The minimum Gasteiger partial charge on any atom is -0.374 e. The Morgan fingerprint density at radius 3 is 2.93 bits per heavy atom. The molecule has 1 spiro atoms. The summed E-state index contributed by atoms with van der Waals surface area (Å²) in [5, 5.41) is 3.17. The quantitative estimate of drug-likeness (QED) is 0.749. The molecule has 1 saturated heterocycles. The predicted molar refractivity (Wildman–Crippen MR) is 112 cm³/mol. The molecule has 158 valence electrons. The van der Waals surface area contributed by atoms with Crippen molar-refractivity contribution in [3.8, 4) is 0 Å². The number of hydrogen-bond donors (Lipinski definition) is 1. The van der Waals surface area contributed by atoms with Gasteiger partial charge in [0.2, 0.25) is 5.91 Å². The van der Waals surface area contributed by atoms with Crippen LogP contribution in [0.4, 0.5) is 0 Å². The summed E-state index contributed by atoms with van der Waals surface area (Å²) in [6.45, 7) is 3.54. The van der Waals surface area contributed by atoms with Crippen LogP contribution in [0.1, 0.15) is 63.2 Å². The number of carbonyl (C=O) groups excluding carboxylic acids is 1. The average Bonchev–Trinajstić information content (AvgIpc) is 3.37. The van der Waals surface area contributed by atoms with E-state index >= 15 is 0 Å². The van der Waals surface area contributed by atoms with Crippen LogP contribution in [0.3, 0.4) is 0 Å². The van der Waals surface area contributed by atoms with Gasteiger partial charge in [0, 0.05) is 44.0 Å². The van der Waals surface area contributed by atoms with Crippen molar-refractivity contribution in [2.75, 3.05) is 26.2 Å². The van der Waals surface area contributed by atoms with Crippen LogP contribution in [-0.2, 0) is 16.0 Å². The summed E-state index contributed by atoms with van der Waals surface area (Å²) >= 11 is 0. The van der Waals surface area contributed by atoms with E-state index in [9.17, 15) is 4.79 Å². The number of aryl methyl sites for hydroxylation is 1. The minimum atomic E-state index is 0.0192. The fourth-order valence-corrected chi connectivity index (χ4v) is 5.64. The maximum atomic E-state index is 12.7. The second kappa shape index (κ2) is 8.23. The fourth-order valence-electron chi connectivity index (χ4n) is 5.64. The van der Waals surface area contributed by atoms with Crippen LogP contribution in [0.25, 0.3) is 0 Å². The standard InChI is InChI=1S/C23H34N4O2/c28-22(25-14-19-7-3-8-21-24-11-12-27(19)21)13-20-16-26(15-18-5-1-2-6-18)23(17-29-20)9-4-10-23/h1-2,11-12,18-20H,3-10,13-17H2,(H,25,28). The lowest BCUT2D eigenvalue weighted by molar-refractivity contribution is -0.154. The third-order valence-corrected chi connectivity index (χ3v) is 7.58. The number of ether oxygens (including phenoxy) is 1. The number of carbonyl (C=O) groups is 1. The largest absolute Gasteiger partial charge is 0.374 e. The van der Waals surface area contributed by atoms with Gasteiger partial charge in [-0.2, -0.15) is 0 Å². The van der Waals surface area contributed by atoms with Crippen LogP contribution < -0.4 is 5.32 Å². The monoisotopic (exact) mass is 398 g/mol. The molecule has 2 aliphatic heterocycles. The van der Waals surface area contributed by atoms with E-state index in [0.29, 0.717) is 19.0 Å². The van der Waals surface area contributed by atoms with E-state index in [0.717, 1.165) is 50.7 Å². The summed E-state index contributed by atoms with van der Waals surface area (Å²) in [5.74, 6) is 2.01. The van der Waals surface area contributed by atoms with Crippen molar-refractivity contribution in [2.45, 2.75) is 75.5 Å². The predicted octanol–water partition coefficient (Wildman–Crippen LogP) is 2.86. The number of imidazole rings is 1. The topological polar surface area (TPSA) is 59.4 Å². The smallest absolute Gasteiger partial charge is 0.222 e. The molecule has 1 aromatic rings. The molecule has 0 radical (unpaired) electrons. The number of hydrogen-bond acceptors (Lipinski definition) is 4. The molecule has 0 aromatic carbocycles. The molecule has 0 bridgehead atoms. The molecular weight excluding hydrogens is 364 g/mol. The summed E-state index contributed by atoms with van der Waals surface area (Å²) in [7, 11) is 0. The average molecular weight is 399 g/mol. The van der Waals surface area contributed by atoms with E-state index in [1.807, 2.05) is 12.4 Å². The fraction of sp³-hybridized carbons (Fsp3) is 0.739. The van der Waals surface area contributed by atoms with Gasteiger partial charge in [0.15, 0.2) is 0 Å². The van der Waals surface area contributed by atoms with Gasteiger partial charge in [-0.15, -0.1) is 0 Å². The maximum Gasteiger partial charge on any atom is 0.222 e. The zero-order chi connectivity index (χ0) is 19.7. The van der Waals surface area contributed by atoms with Gasteiger partial charge in [-0.1, -0.05) is 12.2 Å². The summed E-state index contributed by atoms with van der Waals surface area (Å²) in [5.41, 5.74) is 0.259. The van der Waals surface area contributed by atoms with Gasteiger partial charge in [-0.3, -0.25) is 9.69 Å². The van der Waals surface area contributed by atoms with E-state index in [4.69, 9.17) is 4.74 Å². The number of nitrogens with zero attached hydrogens (tertiary/aromatic N) is 3. The van der Waals surface area contributed by atoms with E-state index in [-0.39, 0.29) is 17.6 Å². The Labute approximate surface area is 173 Å². The molecule has 6 heteroatoms. The first-order chi connectivity index (χ1) is 14.2. The van der Waals surface area contributed by atoms with Gasteiger partial charge in [0.05, 0.1) is 25.2 Å². The van der Waals surface area contributed by atoms with E-state index in [2.05, 4.69) is 31.9 Å². The highest BCUT2D eigenvalue weighted by atomic mass is 16.5. The summed E-state index contributed by atoms with van der Waals surface area (Å²) in [6.07, 6.45) is 18.6. The summed E-state index contributed by atoms with van der Waals surface area (Å²) < 4.78 is 8.44. The first kappa shape index (κ1) is 19.3. The number of rotatable bonds is 6. The van der Waals surface area contributed by atoms with Crippen molar-refractivity contribution in [3.63, 3.8) is 0 Å². The molecule has 5 rings (SSSR count). The zero-order valence-electron chi connectivity index (χ0n) is 17.4.